The fourth-order valence-electron chi connectivity index (χ4n) is 3.60. The molecule has 7 heteroatoms. The van der Waals surface area contributed by atoms with Gasteiger partial charge in [-0.15, -0.1) is 0 Å². The highest BCUT2D eigenvalue weighted by molar-refractivity contribution is 5.95. The maximum Gasteiger partial charge on any atom is 0.337 e. The monoisotopic (exact) mass is 356 g/mol. The van der Waals surface area contributed by atoms with Crippen LogP contribution in [-0.4, -0.2) is 24.8 Å². The third-order valence-corrected chi connectivity index (χ3v) is 4.78. The summed E-state index contributed by atoms with van der Waals surface area (Å²) < 4.78 is 24.1. The number of esters is 1. The SMILES string of the molecule is COC(=O)c1ccc2c(c1)[C@H]1C[C@](C)(O2)N(c2ccc(F)cc2)C(=O)N1. The predicted molar refractivity (Wildman–Crippen MR) is 91.6 cm³/mol. The first-order chi connectivity index (χ1) is 12.4. The van der Waals surface area contributed by atoms with Crippen molar-refractivity contribution in [3.05, 3.63) is 59.4 Å². The molecule has 0 spiro atoms. The predicted octanol–water partition coefficient (Wildman–Crippen LogP) is 3.38. The van der Waals surface area contributed by atoms with Gasteiger partial charge in [0.25, 0.3) is 0 Å². The van der Waals surface area contributed by atoms with Gasteiger partial charge in [-0.3, -0.25) is 4.90 Å². The van der Waals surface area contributed by atoms with Crippen molar-refractivity contribution >= 4 is 17.7 Å². The molecule has 2 atom stereocenters. The first-order valence-electron chi connectivity index (χ1n) is 8.19. The Kier molecular flexibility index (Phi) is 3.61. The van der Waals surface area contributed by atoms with Crippen LogP contribution in [0, 0.1) is 5.82 Å². The lowest BCUT2D eigenvalue weighted by Gasteiger charge is -2.50. The number of nitrogens with zero attached hydrogens (tertiary/aromatic N) is 1. The standard InChI is InChI=1S/C19H17FN2O4/c1-19-10-15(14-9-11(17(23)25-2)3-8-16(14)26-19)21-18(24)22(19)13-6-4-12(20)5-7-13/h3-9,15H,10H2,1-2H3,(H,21,24)/t15-,19+/m1/s1. The number of halogens is 1. The number of amides is 2. The second-order valence-electron chi connectivity index (χ2n) is 6.54. The van der Waals surface area contributed by atoms with E-state index in [-0.39, 0.29) is 17.9 Å². The third kappa shape index (κ3) is 2.47. The minimum Gasteiger partial charge on any atom is -0.467 e. The lowest BCUT2D eigenvalue weighted by atomic mass is 9.89. The summed E-state index contributed by atoms with van der Waals surface area (Å²) in [7, 11) is 1.32. The van der Waals surface area contributed by atoms with Crippen LogP contribution in [0.25, 0.3) is 0 Å². The van der Waals surface area contributed by atoms with E-state index in [1.165, 1.54) is 24.1 Å². The molecule has 6 nitrogen and oxygen atoms in total. The Labute approximate surface area is 149 Å². The molecule has 134 valence electrons. The number of hydrogen-bond donors (Lipinski definition) is 1. The number of carbonyl (C=O) groups excluding carboxylic acids is 2. The van der Waals surface area contributed by atoms with Crippen LogP contribution in [0.3, 0.4) is 0 Å². The van der Waals surface area contributed by atoms with Crippen LogP contribution in [-0.2, 0) is 4.74 Å². The number of carbonyl (C=O) groups is 2. The van der Waals surface area contributed by atoms with Crippen molar-refractivity contribution in [1.82, 2.24) is 5.32 Å². The van der Waals surface area contributed by atoms with E-state index >= 15 is 0 Å². The molecule has 0 unspecified atom stereocenters. The molecular formula is C19H17FN2O4. The fraction of sp³-hybridized carbons (Fsp3) is 0.263. The summed E-state index contributed by atoms with van der Waals surface area (Å²) in [4.78, 5) is 26.0. The van der Waals surface area contributed by atoms with Gasteiger partial charge in [0.05, 0.1) is 18.7 Å². The number of methoxy groups -OCH3 is 1. The maximum atomic E-state index is 13.2. The Bertz CT molecular complexity index is 899. The third-order valence-electron chi connectivity index (χ3n) is 4.78. The minimum absolute atomic E-state index is 0.294. The van der Waals surface area contributed by atoms with Crippen molar-refractivity contribution in [3.63, 3.8) is 0 Å². The summed E-state index contributed by atoms with van der Waals surface area (Å²) in [6.07, 6.45) is 0.480. The van der Waals surface area contributed by atoms with Crippen LogP contribution in [0.1, 0.15) is 35.3 Å². The van der Waals surface area contributed by atoms with E-state index in [2.05, 4.69) is 5.32 Å². The van der Waals surface area contributed by atoms with Crippen molar-refractivity contribution in [2.24, 2.45) is 0 Å². The Hall–Kier alpha value is -3.09. The van der Waals surface area contributed by atoms with E-state index < -0.39 is 11.7 Å². The van der Waals surface area contributed by atoms with Gasteiger partial charge in [0, 0.05) is 17.7 Å². The first kappa shape index (κ1) is 16.4. The molecule has 4 rings (SSSR count). The molecule has 1 saturated heterocycles. The van der Waals surface area contributed by atoms with Gasteiger partial charge in [0.15, 0.2) is 5.72 Å². The molecule has 2 aromatic carbocycles. The second kappa shape index (κ2) is 5.72. The summed E-state index contributed by atoms with van der Waals surface area (Å²) in [5.41, 5.74) is 0.746. The highest BCUT2D eigenvalue weighted by Gasteiger charge is 2.49. The summed E-state index contributed by atoms with van der Waals surface area (Å²) >= 11 is 0. The topological polar surface area (TPSA) is 67.9 Å². The highest BCUT2D eigenvalue weighted by atomic mass is 19.1. The van der Waals surface area contributed by atoms with E-state index in [4.69, 9.17) is 9.47 Å². The molecule has 0 aliphatic carbocycles. The maximum absolute atomic E-state index is 13.2. The number of benzene rings is 2. The number of anilines is 1. The zero-order valence-electron chi connectivity index (χ0n) is 14.3. The molecule has 1 fully saturated rings. The van der Waals surface area contributed by atoms with E-state index in [9.17, 15) is 14.0 Å². The number of nitrogens with one attached hydrogen (secondary N) is 1. The molecule has 0 radical (unpaired) electrons. The molecule has 26 heavy (non-hydrogen) atoms. The van der Waals surface area contributed by atoms with E-state index in [1.807, 2.05) is 6.92 Å². The van der Waals surface area contributed by atoms with Crippen LogP contribution in [0.4, 0.5) is 14.9 Å². The van der Waals surface area contributed by atoms with Crippen molar-refractivity contribution in [3.8, 4) is 5.75 Å². The number of rotatable bonds is 2. The molecule has 2 aliphatic heterocycles. The van der Waals surface area contributed by atoms with Gasteiger partial charge in [-0.05, 0) is 49.4 Å². The van der Waals surface area contributed by atoms with Gasteiger partial charge in [0.2, 0.25) is 0 Å². The van der Waals surface area contributed by atoms with Gasteiger partial charge in [-0.2, -0.15) is 0 Å². The smallest absolute Gasteiger partial charge is 0.337 e. The average molecular weight is 356 g/mol. The summed E-state index contributed by atoms with van der Waals surface area (Å²) in [6.45, 7) is 1.82. The van der Waals surface area contributed by atoms with E-state index in [0.717, 1.165) is 5.56 Å². The molecule has 2 heterocycles. The van der Waals surface area contributed by atoms with E-state index in [1.54, 1.807) is 30.3 Å². The minimum atomic E-state index is -0.926. The zero-order valence-corrected chi connectivity index (χ0v) is 14.3. The largest absolute Gasteiger partial charge is 0.467 e. The Balaban J connectivity index is 1.75. The summed E-state index contributed by atoms with van der Waals surface area (Å²) in [5, 5.41) is 2.94. The van der Waals surface area contributed by atoms with Crippen LogP contribution in [0.15, 0.2) is 42.5 Å². The van der Waals surface area contributed by atoms with Crippen LogP contribution < -0.4 is 15.0 Å². The molecule has 2 aliphatic rings. The van der Waals surface area contributed by atoms with Gasteiger partial charge in [-0.25, -0.2) is 14.0 Å². The first-order valence-corrected chi connectivity index (χ1v) is 8.19. The average Bonchev–Trinajstić information content (AvgIpc) is 2.61. The lowest BCUT2D eigenvalue weighted by Crippen LogP contribution is -2.65. The molecule has 2 aromatic rings. The number of hydrogen-bond acceptors (Lipinski definition) is 4. The normalized spacial score (nSPS) is 23.6. The zero-order chi connectivity index (χ0) is 18.5. The second-order valence-corrected chi connectivity index (χ2v) is 6.54. The van der Waals surface area contributed by atoms with Crippen molar-refractivity contribution < 1.29 is 23.5 Å². The van der Waals surface area contributed by atoms with Gasteiger partial charge in [-0.1, -0.05) is 0 Å². The van der Waals surface area contributed by atoms with Crippen LogP contribution >= 0.6 is 0 Å². The molecule has 0 saturated carbocycles. The Morgan fingerprint density at radius 1 is 1.31 bits per heavy atom. The molecular weight excluding hydrogens is 339 g/mol. The van der Waals surface area contributed by atoms with Crippen molar-refractivity contribution in [1.29, 1.82) is 0 Å². The number of fused-ring (bicyclic) bond motifs is 4. The lowest BCUT2D eigenvalue weighted by molar-refractivity contribution is 0.0377. The number of ether oxygens (including phenoxy) is 2. The van der Waals surface area contributed by atoms with E-state index in [0.29, 0.717) is 23.4 Å². The Morgan fingerprint density at radius 2 is 2.04 bits per heavy atom. The number of urea groups is 1. The summed E-state index contributed by atoms with van der Waals surface area (Å²) in [5.74, 6) is -0.237. The molecule has 0 aromatic heterocycles. The van der Waals surface area contributed by atoms with Gasteiger partial charge < -0.3 is 14.8 Å². The molecule has 2 amide bonds. The van der Waals surface area contributed by atoms with Crippen LogP contribution in [0.5, 0.6) is 5.75 Å². The quantitative estimate of drug-likeness (QED) is 0.838. The highest BCUT2D eigenvalue weighted by Crippen LogP contribution is 2.45. The molecule has 2 bridgehead atoms. The van der Waals surface area contributed by atoms with Crippen molar-refractivity contribution in [2.75, 3.05) is 12.0 Å². The summed E-state index contributed by atoms with van der Waals surface area (Å²) in [6, 6.07) is 10.1. The van der Waals surface area contributed by atoms with Gasteiger partial charge >= 0.3 is 12.0 Å². The Morgan fingerprint density at radius 3 is 2.73 bits per heavy atom. The van der Waals surface area contributed by atoms with Gasteiger partial charge in [0.1, 0.15) is 11.6 Å². The molecule has 1 N–H and O–H groups in total. The van der Waals surface area contributed by atoms with Crippen LogP contribution in [0.2, 0.25) is 0 Å². The van der Waals surface area contributed by atoms with Crippen molar-refractivity contribution in [2.45, 2.75) is 25.1 Å². The fourth-order valence-corrected chi connectivity index (χ4v) is 3.60.